The summed E-state index contributed by atoms with van der Waals surface area (Å²) in [4.78, 5) is 0. The van der Waals surface area contributed by atoms with E-state index in [0.717, 1.165) is 16.1 Å². The lowest BCUT2D eigenvalue weighted by Crippen LogP contribution is -1.95. The van der Waals surface area contributed by atoms with Crippen molar-refractivity contribution in [1.82, 2.24) is 0 Å². The van der Waals surface area contributed by atoms with Crippen LogP contribution in [0.1, 0.15) is 16.5 Å². The number of benzene rings is 2. The molecule has 0 amide bonds. The third-order valence-corrected chi connectivity index (χ3v) is 3.37. The minimum absolute atomic E-state index is 0.409. The maximum Gasteiger partial charge on any atom is 0.126 e. The molecule has 0 radical (unpaired) electrons. The van der Waals surface area contributed by atoms with Gasteiger partial charge in [0.15, 0.2) is 0 Å². The van der Waals surface area contributed by atoms with Gasteiger partial charge < -0.3 is 0 Å². The van der Waals surface area contributed by atoms with E-state index in [4.69, 9.17) is 11.6 Å². The van der Waals surface area contributed by atoms with E-state index >= 15 is 0 Å². The van der Waals surface area contributed by atoms with Gasteiger partial charge in [-0.25, -0.2) is 8.78 Å². The van der Waals surface area contributed by atoms with Crippen molar-refractivity contribution in [1.29, 1.82) is 0 Å². The van der Waals surface area contributed by atoms with Crippen LogP contribution in [-0.4, -0.2) is 0 Å². The van der Waals surface area contributed by atoms with Gasteiger partial charge in [-0.15, -0.1) is 11.6 Å². The summed E-state index contributed by atoms with van der Waals surface area (Å²) in [6.45, 7) is 0. The molecule has 0 heterocycles. The van der Waals surface area contributed by atoms with E-state index in [1.807, 2.05) is 24.3 Å². The highest BCUT2D eigenvalue weighted by atomic mass is 79.9. The molecule has 0 bridgehead atoms. The molecule has 0 aromatic heterocycles. The van der Waals surface area contributed by atoms with Crippen molar-refractivity contribution in [3.8, 4) is 0 Å². The fraction of sp³-hybridized carbons (Fsp3) is 0.0769. The maximum absolute atomic E-state index is 13.1. The Kier molecular flexibility index (Phi) is 3.79. The van der Waals surface area contributed by atoms with Crippen LogP contribution in [0.25, 0.3) is 0 Å². The van der Waals surface area contributed by atoms with Crippen LogP contribution in [0.3, 0.4) is 0 Å². The third kappa shape index (κ3) is 3.05. The molecule has 1 atom stereocenters. The fourth-order valence-corrected chi connectivity index (χ4v) is 2.08. The Balaban J connectivity index is 2.36. The Morgan fingerprint density at radius 2 is 1.41 bits per heavy atom. The average molecular weight is 318 g/mol. The molecular weight excluding hydrogens is 309 g/mol. The largest absolute Gasteiger partial charge is 0.207 e. The van der Waals surface area contributed by atoms with E-state index in [2.05, 4.69) is 15.9 Å². The van der Waals surface area contributed by atoms with Crippen LogP contribution in [0.4, 0.5) is 8.78 Å². The van der Waals surface area contributed by atoms with E-state index in [-0.39, 0.29) is 0 Å². The third-order valence-electron chi connectivity index (χ3n) is 2.34. The van der Waals surface area contributed by atoms with Crippen LogP contribution in [0.5, 0.6) is 0 Å². The summed E-state index contributed by atoms with van der Waals surface area (Å²) in [7, 11) is 0. The van der Waals surface area contributed by atoms with E-state index in [1.54, 1.807) is 0 Å². The minimum atomic E-state index is -0.622. The zero-order valence-corrected chi connectivity index (χ0v) is 11.0. The average Bonchev–Trinajstić information content (AvgIpc) is 2.28. The highest BCUT2D eigenvalue weighted by Crippen LogP contribution is 2.30. The molecule has 4 heteroatoms. The van der Waals surface area contributed by atoms with Gasteiger partial charge in [0.05, 0.1) is 5.38 Å². The standard InChI is InChI=1S/C13H8BrClF2/c14-10-3-1-8(2-4-10)13(15)9-5-11(16)7-12(17)6-9/h1-7,13H. The number of hydrogen-bond donors (Lipinski definition) is 0. The van der Waals surface area contributed by atoms with Crippen LogP contribution in [-0.2, 0) is 0 Å². The summed E-state index contributed by atoms with van der Waals surface area (Å²) in [6.07, 6.45) is 0. The van der Waals surface area contributed by atoms with Gasteiger partial charge in [-0.2, -0.15) is 0 Å². The van der Waals surface area contributed by atoms with E-state index in [9.17, 15) is 8.78 Å². The topological polar surface area (TPSA) is 0 Å². The summed E-state index contributed by atoms with van der Waals surface area (Å²) in [5.74, 6) is -1.24. The molecule has 0 fully saturated rings. The molecule has 2 aromatic carbocycles. The van der Waals surface area contributed by atoms with Crippen molar-refractivity contribution in [2.75, 3.05) is 0 Å². The molecule has 0 aliphatic heterocycles. The molecule has 0 saturated carbocycles. The first kappa shape index (κ1) is 12.5. The molecule has 17 heavy (non-hydrogen) atoms. The number of hydrogen-bond acceptors (Lipinski definition) is 0. The lowest BCUT2D eigenvalue weighted by atomic mass is 10.0. The van der Waals surface area contributed by atoms with Gasteiger partial charge in [0.25, 0.3) is 0 Å². The molecule has 0 N–H and O–H groups in total. The molecule has 0 aliphatic carbocycles. The van der Waals surface area contributed by atoms with Crippen LogP contribution in [0.2, 0.25) is 0 Å². The molecule has 2 rings (SSSR count). The SMILES string of the molecule is Fc1cc(F)cc(C(Cl)c2ccc(Br)cc2)c1. The van der Waals surface area contributed by atoms with Gasteiger partial charge in [-0.05, 0) is 35.4 Å². The Morgan fingerprint density at radius 1 is 0.882 bits per heavy atom. The van der Waals surface area contributed by atoms with E-state index < -0.39 is 17.0 Å². The van der Waals surface area contributed by atoms with E-state index in [0.29, 0.717) is 5.56 Å². The minimum Gasteiger partial charge on any atom is -0.207 e. The highest BCUT2D eigenvalue weighted by Gasteiger charge is 2.12. The van der Waals surface area contributed by atoms with Crippen molar-refractivity contribution in [2.24, 2.45) is 0 Å². The normalized spacial score (nSPS) is 12.5. The first-order valence-electron chi connectivity index (χ1n) is 4.92. The Labute approximate surface area is 111 Å². The molecule has 0 nitrogen and oxygen atoms in total. The summed E-state index contributed by atoms with van der Waals surface area (Å²) in [6, 6.07) is 10.6. The molecule has 0 spiro atoms. The summed E-state index contributed by atoms with van der Waals surface area (Å²) >= 11 is 9.49. The maximum atomic E-state index is 13.1. The molecule has 2 aromatic rings. The second-order valence-corrected chi connectivity index (χ2v) is 4.97. The van der Waals surface area contributed by atoms with Gasteiger partial charge in [0.2, 0.25) is 0 Å². The van der Waals surface area contributed by atoms with Gasteiger partial charge in [-0.3, -0.25) is 0 Å². The first-order valence-corrected chi connectivity index (χ1v) is 6.15. The second kappa shape index (κ2) is 5.15. The lowest BCUT2D eigenvalue weighted by molar-refractivity contribution is 0.580. The Hall–Kier alpha value is -0.930. The quantitative estimate of drug-likeness (QED) is 0.680. The van der Waals surface area contributed by atoms with Crippen LogP contribution in [0, 0.1) is 11.6 Å². The molecule has 88 valence electrons. The van der Waals surface area contributed by atoms with Gasteiger partial charge in [-0.1, -0.05) is 28.1 Å². The molecule has 1 unspecified atom stereocenters. The van der Waals surface area contributed by atoms with Crippen LogP contribution < -0.4 is 0 Å². The monoisotopic (exact) mass is 316 g/mol. The second-order valence-electron chi connectivity index (χ2n) is 3.62. The fourth-order valence-electron chi connectivity index (χ4n) is 1.55. The summed E-state index contributed by atoms with van der Waals surface area (Å²) < 4.78 is 27.1. The summed E-state index contributed by atoms with van der Waals surface area (Å²) in [5, 5.41) is -0.562. The highest BCUT2D eigenvalue weighted by molar-refractivity contribution is 9.10. The predicted molar refractivity (Wildman–Crippen MR) is 68.2 cm³/mol. The Morgan fingerprint density at radius 3 is 1.94 bits per heavy atom. The number of alkyl halides is 1. The van der Waals surface area contributed by atoms with Crippen LogP contribution >= 0.6 is 27.5 Å². The van der Waals surface area contributed by atoms with Gasteiger partial charge in [0.1, 0.15) is 11.6 Å². The molecule has 0 aliphatic rings. The van der Waals surface area contributed by atoms with Crippen molar-refractivity contribution >= 4 is 27.5 Å². The predicted octanol–water partition coefficient (Wildman–Crippen LogP) is 5.06. The van der Waals surface area contributed by atoms with Gasteiger partial charge in [0, 0.05) is 10.5 Å². The van der Waals surface area contributed by atoms with Gasteiger partial charge >= 0.3 is 0 Å². The van der Waals surface area contributed by atoms with Crippen LogP contribution in [0.15, 0.2) is 46.9 Å². The van der Waals surface area contributed by atoms with Crippen molar-refractivity contribution in [2.45, 2.75) is 5.38 Å². The molecular formula is C13H8BrClF2. The zero-order valence-electron chi connectivity index (χ0n) is 8.63. The number of rotatable bonds is 2. The van der Waals surface area contributed by atoms with Crippen molar-refractivity contribution < 1.29 is 8.78 Å². The van der Waals surface area contributed by atoms with Crippen molar-refractivity contribution in [3.05, 3.63) is 69.7 Å². The van der Waals surface area contributed by atoms with Crippen molar-refractivity contribution in [3.63, 3.8) is 0 Å². The Bertz CT molecular complexity index is 505. The molecule has 0 saturated heterocycles. The smallest absolute Gasteiger partial charge is 0.126 e. The van der Waals surface area contributed by atoms with E-state index in [1.165, 1.54) is 12.1 Å². The summed E-state index contributed by atoms with van der Waals surface area (Å²) in [5.41, 5.74) is 1.20. The first-order chi connectivity index (χ1) is 8.06. The zero-order chi connectivity index (χ0) is 12.4. The number of halogens is 4. The lowest BCUT2D eigenvalue weighted by Gasteiger charge is -2.10.